The summed E-state index contributed by atoms with van der Waals surface area (Å²) >= 11 is 0. The van der Waals surface area contributed by atoms with Crippen LogP contribution >= 0.6 is 0 Å². The maximum atomic E-state index is 6.27. The van der Waals surface area contributed by atoms with Crippen LogP contribution in [-0.4, -0.2) is 9.55 Å². The van der Waals surface area contributed by atoms with Gasteiger partial charge in [-0.3, -0.25) is 4.57 Å². The van der Waals surface area contributed by atoms with Gasteiger partial charge in [-0.05, 0) is 36.4 Å². The molecule has 28 heavy (non-hydrogen) atoms. The van der Waals surface area contributed by atoms with E-state index in [0.29, 0.717) is 0 Å². The van der Waals surface area contributed by atoms with Crippen LogP contribution in [0.2, 0.25) is 0 Å². The van der Waals surface area contributed by atoms with Gasteiger partial charge < -0.3 is 4.42 Å². The smallest absolute Gasteiger partial charge is 0.149 e. The summed E-state index contributed by atoms with van der Waals surface area (Å²) in [5.74, 6) is 0.886. The van der Waals surface area contributed by atoms with Gasteiger partial charge in [0.2, 0.25) is 0 Å². The van der Waals surface area contributed by atoms with Crippen molar-refractivity contribution in [3.63, 3.8) is 0 Å². The lowest BCUT2D eigenvalue weighted by Crippen LogP contribution is -1.97. The molecule has 0 aliphatic heterocycles. The molecule has 3 nitrogen and oxygen atoms in total. The third-order valence-corrected chi connectivity index (χ3v) is 5.22. The summed E-state index contributed by atoms with van der Waals surface area (Å²) in [5, 5.41) is 2.24. The minimum Gasteiger partial charge on any atom is -0.455 e. The molecular weight excluding hydrogens is 344 g/mol. The second-order valence-corrected chi connectivity index (χ2v) is 6.88. The van der Waals surface area contributed by atoms with Crippen LogP contribution in [0.1, 0.15) is 0 Å². The summed E-state index contributed by atoms with van der Waals surface area (Å²) in [4.78, 5) is 4.98. The quantitative estimate of drug-likeness (QED) is 0.349. The number of imidazole rings is 1. The van der Waals surface area contributed by atoms with Crippen LogP contribution in [0.15, 0.2) is 101 Å². The summed E-state index contributed by atoms with van der Waals surface area (Å²) in [5.41, 5.74) is 5.89. The van der Waals surface area contributed by atoms with Crippen LogP contribution in [-0.2, 0) is 0 Å². The van der Waals surface area contributed by atoms with Crippen molar-refractivity contribution in [3.05, 3.63) is 97.1 Å². The maximum Gasteiger partial charge on any atom is 0.149 e. The zero-order valence-electron chi connectivity index (χ0n) is 15.0. The number of hydrogen-bond acceptors (Lipinski definition) is 2. The molecule has 2 heterocycles. The van der Waals surface area contributed by atoms with Crippen molar-refractivity contribution in [3.8, 4) is 17.1 Å². The van der Waals surface area contributed by atoms with Crippen LogP contribution in [0.5, 0.6) is 0 Å². The molecule has 0 atom stereocenters. The van der Waals surface area contributed by atoms with Gasteiger partial charge in [-0.25, -0.2) is 4.98 Å². The number of rotatable bonds is 2. The molecule has 6 aromatic rings. The van der Waals surface area contributed by atoms with Crippen LogP contribution in [0.25, 0.3) is 50.0 Å². The second-order valence-electron chi connectivity index (χ2n) is 6.88. The van der Waals surface area contributed by atoms with Crippen LogP contribution < -0.4 is 0 Å². The monoisotopic (exact) mass is 360 g/mol. The van der Waals surface area contributed by atoms with Crippen LogP contribution in [0.4, 0.5) is 0 Å². The minimum atomic E-state index is 0.871. The molecule has 0 fully saturated rings. The number of hydrogen-bond donors (Lipinski definition) is 0. The summed E-state index contributed by atoms with van der Waals surface area (Å²) in [7, 11) is 0. The summed E-state index contributed by atoms with van der Waals surface area (Å²) in [6.07, 6.45) is 0. The third-order valence-electron chi connectivity index (χ3n) is 5.22. The van der Waals surface area contributed by atoms with E-state index in [4.69, 9.17) is 9.40 Å². The average Bonchev–Trinajstić information content (AvgIpc) is 3.33. The number of benzene rings is 4. The topological polar surface area (TPSA) is 31.0 Å². The molecule has 0 N–H and O–H groups in total. The number of aromatic nitrogens is 2. The molecule has 0 saturated heterocycles. The Morgan fingerprint density at radius 1 is 0.643 bits per heavy atom. The highest BCUT2D eigenvalue weighted by atomic mass is 16.3. The standard InChI is InChI=1S/C25H16N2O/c1-2-9-17(10-3-1)27-22-15-6-5-14-21(22)26-25(27)20-13-8-12-19-18-11-4-7-16-23(18)28-24(19)20/h1-16H. The van der Waals surface area contributed by atoms with Crippen molar-refractivity contribution in [2.75, 3.05) is 0 Å². The van der Waals surface area contributed by atoms with E-state index in [1.54, 1.807) is 0 Å². The molecule has 2 aromatic heterocycles. The zero-order chi connectivity index (χ0) is 18.5. The predicted octanol–water partition coefficient (Wildman–Crippen LogP) is 6.59. The van der Waals surface area contributed by atoms with E-state index in [-0.39, 0.29) is 0 Å². The molecule has 0 aliphatic carbocycles. The van der Waals surface area contributed by atoms with E-state index in [1.165, 1.54) is 0 Å². The molecular formula is C25H16N2O. The lowest BCUT2D eigenvalue weighted by Gasteiger charge is -2.09. The van der Waals surface area contributed by atoms with Crippen LogP contribution in [0, 0.1) is 0 Å². The molecule has 0 unspecified atom stereocenters. The number of para-hydroxylation sites is 5. The van der Waals surface area contributed by atoms with Gasteiger partial charge in [0.15, 0.2) is 0 Å². The van der Waals surface area contributed by atoms with Gasteiger partial charge in [-0.1, -0.05) is 60.7 Å². The highest BCUT2D eigenvalue weighted by molar-refractivity contribution is 6.09. The third kappa shape index (κ3) is 2.13. The normalized spacial score (nSPS) is 11.6. The van der Waals surface area contributed by atoms with E-state index in [0.717, 1.165) is 50.0 Å². The number of furan rings is 1. The second kappa shape index (κ2) is 5.83. The molecule has 0 spiro atoms. The first-order valence-corrected chi connectivity index (χ1v) is 9.34. The number of fused-ring (bicyclic) bond motifs is 4. The lowest BCUT2D eigenvalue weighted by molar-refractivity contribution is 0.669. The van der Waals surface area contributed by atoms with E-state index in [2.05, 4.69) is 71.3 Å². The first kappa shape index (κ1) is 15.2. The molecule has 0 bridgehead atoms. The van der Waals surface area contributed by atoms with Gasteiger partial charge >= 0.3 is 0 Å². The highest BCUT2D eigenvalue weighted by Crippen LogP contribution is 2.37. The molecule has 0 amide bonds. The van der Waals surface area contributed by atoms with E-state index >= 15 is 0 Å². The molecule has 0 aliphatic rings. The largest absolute Gasteiger partial charge is 0.455 e. The minimum absolute atomic E-state index is 0.871. The van der Waals surface area contributed by atoms with Gasteiger partial charge in [0, 0.05) is 16.5 Å². The Morgan fingerprint density at radius 3 is 2.32 bits per heavy atom. The molecule has 0 radical (unpaired) electrons. The van der Waals surface area contributed by atoms with Crippen molar-refractivity contribution in [1.29, 1.82) is 0 Å². The Morgan fingerprint density at radius 2 is 1.39 bits per heavy atom. The molecule has 0 saturated carbocycles. The summed E-state index contributed by atoms with van der Waals surface area (Å²) in [6.45, 7) is 0. The van der Waals surface area contributed by atoms with E-state index < -0.39 is 0 Å². The maximum absolute atomic E-state index is 6.27. The highest BCUT2D eigenvalue weighted by Gasteiger charge is 2.18. The lowest BCUT2D eigenvalue weighted by atomic mass is 10.1. The van der Waals surface area contributed by atoms with E-state index in [9.17, 15) is 0 Å². The Balaban J connectivity index is 1.74. The van der Waals surface area contributed by atoms with Crippen molar-refractivity contribution in [2.24, 2.45) is 0 Å². The Bertz CT molecular complexity index is 1460. The summed E-state index contributed by atoms with van der Waals surface area (Å²) in [6, 6.07) is 33.0. The first-order valence-electron chi connectivity index (χ1n) is 9.34. The number of nitrogens with zero attached hydrogens (tertiary/aromatic N) is 2. The van der Waals surface area contributed by atoms with Crippen molar-refractivity contribution < 1.29 is 4.42 Å². The Kier molecular flexibility index (Phi) is 3.17. The van der Waals surface area contributed by atoms with Gasteiger partial charge in [-0.2, -0.15) is 0 Å². The Hall–Kier alpha value is -3.85. The fourth-order valence-electron chi connectivity index (χ4n) is 3.97. The molecule has 6 rings (SSSR count). The van der Waals surface area contributed by atoms with Crippen molar-refractivity contribution in [2.45, 2.75) is 0 Å². The van der Waals surface area contributed by atoms with Crippen molar-refractivity contribution >= 4 is 33.0 Å². The van der Waals surface area contributed by atoms with Gasteiger partial charge in [0.25, 0.3) is 0 Å². The molecule has 3 heteroatoms. The van der Waals surface area contributed by atoms with Gasteiger partial charge in [0.1, 0.15) is 17.0 Å². The van der Waals surface area contributed by atoms with Crippen molar-refractivity contribution in [1.82, 2.24) is 9.55 Å². The van der Waals surface area contributed by atoms with E-state index in [1.807, 2.05) is 30.3 Å². The summed E-state index contributed by atoms with van der Waals surface area (Å²) < 4.78 is 8.48. The SMILES string of the molecule is c1ccc(-n2c(-c3cccc4c3oc3ccccc34)nc3ccccc32)cc1. The van der Waals surface area contributed by atoms with Gasteiger partial charge in [0.05, 0.1) is 16.6 Å². The van der Waals surface area contributed by atoms with Gasteiger partial charge in [-0.15, -0.1) is 0 Å². The Labute approximate surface area is 161 Å². The molecule has 132 valence electrons. The predicted molar refractivity (Wildman–Crippen MR) is 114 cm³/mol. The first-order chi connectivity index (χ1) is 13.9. The molecule has 4 aromatic carbocycles. The average molecular weight is 360 g/mol. The zero-order valence-corrected chi connectivity index (χ0v) is 15.0. The van der Waals surface area contributed by atoms with Crippen LogP contribution in [0.3, 0.4) is 0 Å². The fraction of sp³-hybridized carbons (Fsp3) is 0. The fourth-order valence-corrected chi connectivity index (χ4v) is 3.97.